The second-order valence-corrected chi connectivity index (χ2v) is 17.6. The highest BCUT2D eigenvalue weighted by atomic mass is 16.7. The molecule has 4 saturated carbocycles. The number of epoxide rings is 1. The van der Waals surface area contributed by atoms with Crippen LogP contribution in [0.3, 0.4) is 0 Å². The lowest BCUT2D eigenvalue weighted by atomic mass is 9.44. The Balaban J connectivity index is 0.959. The van der Waals surface area contributed by atoms with Crippen molar-refractivity contribution in [3.05, 3.63) is 0 Å². The zero-order valence-corrected chi connectivity index (χ0v) is 31.0. The van der Waals surface area contributed by atoms with Crippen molar-refractivity contribution in [1.29, 1.82) is 0 Å². The van der Waals surface area contributed by atoms with Crippen molar-refractivity contribution < 1.29 is 67.9 Å². The van der Waals surface area contributed by atoms with Gasteiger partial charge in [0.1, 0.15) is 47.8 Å². The summed E-state index contributed by atoms with van der Waals surface area (Å²) in [4.78, 5) is 24.8. The van der Waals surface area contributed by atoms with Crippen molar-refractivity contribution in [3.63, 3.8) is 0 Å². The number of hydrogen-bond acceptors (Lipinski definition) is 14. The number of carbonyl (C=O) groups excluding carboxylic acids is 2. The van der Waals surface area contributed by atoms with Crippen LogP contribution in [0.2, 0.25) is 0 Å². The topological polar surface area (TPSA) is 192 Å². The van der Waals surface area contributed by atoms with E-state index in [2.05, 4.69) is 13.8 Å². The SMILES string of the molecule is CO[C@@H]1C[C@@H](O[C@H]2CC[C@]3(C)[C@H]4CC[C@]5(C)[C@@H]([C@@H]6COC(=O)C6)CC[C@@]56O[C@@]46CC[C@H]3[C@H]2OC(C)=O)O[C@H](C)[C@H]1O[C@@H]1O[C@H](CO)[C@@H](O)[C@H](O)[C@H]1O. The molecule has 0 aromatic heterocycles. The molecule has 0 unspecified atom stereocenters. The maximum atomic E-state index is 12.7. The van der Waals surface area contributed by atoms with Crippen molar-refractivity contribution in [2.24, 2.45) is 34.5 Å². The second kappa shape index (κ2) is 13.3. The molecule has 0 aromatic carbocycles. The highest BCUT2D eigenvalue weighted by molar-refractivity contribution is 5.71. The molecule has 8 rings (SSSR count). The lowest BCUT2D eigenvalue weighted by Gasteiger charge is -2.60. The Kier molecular flexibility index (Phi) is 9.61. The summed E-state index contributed by atoms with van der Waals surface area (Å²) < 4.78 is 49.3. The van der Waals surface area contributed by atoms with Crippen LogP contribution in [-0.4, -0.2) is 131 Å². The van der Waals surface area contributed by atoms with Gasteiger partial charge in [0.15, 0.2) is 12.6 Å². The average Bonchev–Trinajstić information content (AvgIpc) is 3.41. The summed E-state index contributed by atoms with van der Waals surface area (Å²) in [7, 11) is 1.55. The number of esters is 2. The summed E-state index contributed by atoms with van der Waals surface area (Å²) >= 11 is 0. The van der Waals surface area contributed by atoms with Crippen LogP contribution in [0.5, 0.6) is 0 Å². The molecule has 4 saturated heterocycles. The van der Waals surface area contributed by atoms with Crippen LogP contribution in [-0.2, 0) is 47.5 Å². The molecule has 14 heteroatoms. The minimum atomic E-state index is -1.57. The van der Waals surface area contributed by atoms with Gasteiger partial charge in [-0.15, -0.1) is 0 Å². The number of rotatable bonds is 8. The van der Waals surface area contributed by atoms with E-state index < -0.39 is 74.1 Å². The number of ether oxygens (including phenoxy) is 8. The van der Waals surface area contributed by atoms with Gasteiger partial charge >= 0.3 is 11.9 Å². The first-order valence-corrected chi connectivity index (χ1v) is 19.5. The largest absolute Gasteiger partial charge is 0.465 e. The molecule has 14 nitrogen and oxygen atoms in total. The summed E-state index contributed by atoms with van der Waals surface area (Å²) in [5.41, 5.74) is -0.472. The molecule has 8 aliphatic rings. The van der Waals surface area contributed by atoms with E-state index in [9.17, 15) is 30.0 Å². The standard InChI is InChI=1S/C38H58O14/c1-18-32(51-34-31(44)30(43)29(42)25(16-39)50-34)24(45-5)15-28(47-18)49-23-8-10-35(3)22(33(23)48-19(2)40)6-12-37-26(35)9-11-36(4)21(7-13-38(36,37)52-37)20-14-27(41)46-17-20/h18,20-26,28-34,39,42-44H,6-17H2,1-5H3/t18-,20+,21-,22+,23+,24-,25-,26-,28-,29-,30+,31-,32-,33-,34+,35+,36-,37+,38-/m1/s1. The molecular formula is C38H58O14. The molecule has 2 spiro atoms. The lowest BCUT2D eigenvalue weighted by Crippen LogP contribution is -2.63. The normalized spacial score (nSPS) is 55.4. The van der Waals surface area contributed by atoms with Crippen molar-refractivity contribution >= 4 is 11.9 Å². The van der Waals surface area contributed by atoms with Gasteiger partial charge < -0.3 is 58.3 Å². The Morgan fingerprint density at radius 3 is 2.37 bits per heavy atom. The molecule has 52 heavy (non-hydrogen) atoms. The first-order chi connectivity index (χ1) is 24.7. The number of carbonyl (C=O) groups is 2. The first-order valence-electron chi connectivity index (χ1n) is 19.5. The highest BCUT2D eigenvalue weighted by Crippen LogP contribution is 2.81. The third-order valence-electron chi connectivity index (χ3n) is 15.4. The van der Waals surface area contributed by atoms with E-state index in [4.69, 9.17) is 37.9 Å². The molecular weight excluding hydrogens is 680 g/mol. The Hall–Kier alpha value is -1.46. The number of aliphatic hydroxyl groups excluding tert-OH is 4. The molecule has 19 atom stereocenters. The van der Waals surface area contributed by atoms with Crippen LogP contribution < -0.4 is 0 Å². The molecule has 4 aliphatic heterocycles. The molecule has 294 valence electrons. The zero-order valence-electron chi connectivity index (χ0n) is 31.0. The molecule has 4 aliphatic carbocycles. The van der Waals surface area contributed by atoms with Gasteiger partial charge in [-0.2, -0.15) is 0 Å². The summed E-state index contributed by atoms with van der Waals surface area (Å²) in [6.45, 7) is 8.01. The Labute approximate surface area is 305 Å². The van der Waals surface area contributed by atoms with E-state index in [1.165, 1.54) is 6.92 Å². The van der Waals surface area contributed by atoms with Crippen LogP contribution in [0, 0.1) is 34.5 Å². The molecule has 8 fully saturated rings. The van der Waals surface area contributed by atoms with E-state index in [0.29, 0.717) is 31.3 Å². The zero-order chi connectivity index (χ0) is 37.0. The van der Waals surface area contributed by atoms with Gasteiger partial charge in [0.05, 0.1) is 37.9 Å². The van der Waals surface area contributed by atoms with Crippen LogP contribution in [0.4, 0.5) is 0 Å². The van der Waals surface area contributed by atoms with E-state index in [-0.39, 0.29) is 52.2 Å². The van der Waals surface area contributed by atoms with Gasteiger partial charge in [-0.3, -0.25) is 9.59 Å². The van der Waals surface area contributed by atoms with Gasteiger partial charge in [-0.05, 0) is 75.5 Å². The predicted molar refractivity (Wildman–Crippen MR) is 178 cm³/mol. The van der Waals surface area contributed by atoms with Crippen LogP contribution in [0.25, 0.3) is 0 Å². The van der Waals surface area contributed by atoms with Gasteiger partial charge in [0.25, 0.3) is 0 Å². The molecule has 4 N–H and O–H groups in total. The van der Waals surface area contributed by atoms with Gasteiger partial charge in [-0.1, -0.05) is 13.8 Å². The number of fused-ring (bicyclic) bond motifs is 2. The highest BCUT2D eigenvalue weighted by Gasteiger charge is 2.86. The number of aliphatic hydroxyl groups is 4. The third-order valence-corrected chi connectivity index (χ3v) is 15.4. The van der Waals surface area contributed by atoms with Crippen molar-refractivity contribution in [2.45, 2.75) is 171 Å². The number of methoxy groups -OCH3 is 1. The van der Waals surface area contributed by atoms with Gasteiger partial charge in [0.2, 0.25) is 0 Å². The maximum absolute atomic E-state index is 12.7. The molecule has 0 bridgehead atoms. The lowest BCUT2D eigenvalue weighted by molar-refractivity contribution is -0.347. The minimum Gasteiger partial charge on any atom is -0.465 e. The van der Waals surface area contributed by atoms with Crippen LogP contribution in [0.15, 0.2) is 0 Å². The first kappa shape index (κ1) is 37.5. The maximum Gasteiger partial charge on any atom is 0.306 e. The monoisotopic (exact) mass is 738 g/mol. The fourth-order valence-electron chi connectivity index (χ4n) is 12.9. The summed E-state index contributed by atoms with van der Waals surface area (Å²) in [6, 6.07) is 0. The molecule has 0 aromatic rings. The molecule has 0 amide bonds. The smallest absolute Gasteiger partial charge is 0.306 e. The summed E-state index contributed by atoms with van der Waals surface area (Å²) in [5, 5.41) is 40.7. The van der Waals surface area contributed by atoms with Crippen molar-refractivity contribution in [2.75, 3.05) is 20.3 Å². The Morgan fingerprint density at radius 1 is 0.904 bits per heavy atom. The van der Waals surface area contributed by atoms with Gasteiger partial charge in [-0.25, -0.2) is 0 Å². The molecule has 4 heterocycles. The average molecular weight is 739 g/mol. The van der Waals surface area contributed by atoms with E-state index in [1.807, 2.05) is 0 Å². The summed E-state index contributed by atoms with van der Waals surface area (Å²) in [6.07, 6.45) is -2.13. The fourth-order valence-corrected chi connectivity index (χ4v) is 12.9. The predicted octanol–water partition coefficient (Wildman–Crippen LogP) is 1.75. The van der Waals surface area contributed by atoms with E-state index in [0.717, 1.165) is 44.9 Å². The number of cyclic esters (lactones) is 1. The van der Waals surface area contributed by atoms with Crippen LogP contribution >= 0.6 is 0 Å². The summed E-state index contributed by atoms with van der Waals surface area (Å²) in [5.74, 6) is 0.667. The minimum absolute atomic E-state index is 0.0121. The second-order valence-electron chi connectivity index (χ2n) is 17.6. The van der Waals surface area contributed by atoms with E-state index >= 15 is 0 Å². The van der Waals surface area contributed by atoms with Crippen LogP contribution in [0.1, 0.15) is 91.9 Å². The Bertz CT molecular complexity index is 1380. The molecule has 0 radical (unpaired) electrons. The third kappa shape index (κ3) is 5.48. The number of hydrogen-bond donors (Lipinski definition) is 4. The van der Waals surface area contributed by atoms with Gasteiger partial charge in [0, 0.05) is 37.7 Å². The van der Waals surface area contributed by atoms with Crippen molar-refractivity contribution in [1.82, 2.24) is 0 Å². The van der Waals surface area contributed by atoms with E-state index in [1.54, 1.807) is 14.0 Å². The van der Waals surface area contributed by atoms with Crippen molar-refractivity contribution in [3.8, 4) is 0 Å². The quantitative estimate of drug-likeness (QED) is 0.160. The Morgan fingerprint density at radius 2 is 1.67 bits per heavy atom. The fraction of sp³-hybridized carbons (Fsp3) is 0.947.